The van der Waals surface area contributed by atoms with Crippen LogP contribution >= 0.6 is 0 Å². The molecule has 1 unspecified atom stereocenters. The minimum absolute atomic E-state index is 0.0291. The average Bonchev–Trinajstić information content (AvgIpc) is 2.49. The summed E-state index contributed by atoms with van der Waals surface area (Å²) >= 11 is 0. The summed E-state index contributed by atoms with van der Waals surface area (Å²) in [6.45, 7) is 8.43. The maximum atomic E-state index is 6.33. The molecule has 0 spiro atoms. The fraction of sp³-hybridized carbons (Fsp3) is 0.667. The highest BCUT2D eigenvalue weighted by atomic mass is 16.5. The molecule has 1 saturated carbocycles. The summed E-state index contributed by atoms with van der Waals surface area (Å²) in [4.78, 5) is 0. The van der Waals surface area contributed by atoms with Gasteiger partial charge in [0, 0.05) is 6.61 Å². The van der Waals surface area contributed by atoms with Crippen molar-refractivity contribution in [3.05, 3.63) is 35.9 Å². The number of hydrogen-bond acceptors (Lipinski definition) is 2. The lowest BCUT2D eigenvalue weighted by molar-refractivity contribution is -0.0973. The zero-order valence-corrected chi connectivity index (χ0v) is 13.2. The molecule has 1 aromatic rings. The Kier molecular flexibility index (Phi) is 5.62. The summed E-state index contributed by atoms with van der Waals surface area (Å²) in [7, 11) is 0. The van der Waals surface area contributed by atoms with Crippen LogP contribution in [-0.4, -0.2) is 18.8 Å². The molecule has 1 aliphatic carbocycles. The molecule has 0 amide bonds. The van der Waals surface area contributed by atoms with E-state index in [0.717, 1.165) is 31.9 Å². The Bertz CT molecular complexity index is 382. The number of likely N-dealkylation sites (N-methyl/N-ethyl adjacent to an activating group) is 1. The Labute approximate surface area is 123 Å². The lowest BCUT2D eigenvalue weighted by Gasteiger charge is -2.45. The van der Waals surface area contributed by atoms with Crippen LogP contribution in [0.3, 0.4) is 0 Å². The summed E-state index contributed by atoms with van der Waals surface area (Å²) < 4.78 is 6.33. The molecule has 1 N–H and O–H groups in total. The van der Waals surface area contributed by atoms with E-state index in [0.29, 0.717) is 6.04 Å². The SMILES string of the molecule is CCNC(c1ccccc1)C1(OCC)CCC(C)CC1. The maximum Gasteiger partial charge on any atom is 0.0876 e. The molecule has 1 aliphatic rings. The van der Waals surface area contributed by atoms with Gasteiger partial charge >= 0.3 is 0 Å². The van der Waals surface area contributed by atoms with Crippen molar-refractivity contribution in [3.63, 3.8) is 0 Å². The Hall–Kier alpha value is -0.860. The lowest BCUT2D eigenvalue weighted by Crippen LogP contribution is -2.48. The molecule has 0 aromatic heterocycles. The van der Waals surface area contributed by atoms with Crippen molar-refractivity contribution in [3.8, 4) is 0 Å². The molecule has 1 aromatic carbocycles. The normalized spacial score (nSPS) is 28.2. The van der Waals surface area contributed by atoms with E-state index in [4.69, 9.17) is 4.74 Å². The second kappa shape index (κ2) is 7.24. The van der Waals surface area contributed by atoms with E-state index < -0.39 is 0 Å². The van der Waals surface area contributed by atoms with Crippen molar-refractivity contribution >= 4 is 0 Å². The third kappa shape index (κ3) is 3.42. The molecular weight excluding hydrogens is 246 g/mol. The zero-order valence-electron chi connectivity index (χ0n) is 13.2. The fourth-order valence-electron chi connectivity index (χ4n) is 3.51. The number of nitrogens with one attached hydrogen (secondary N) is 1. The standard InChI is InChI=1S/C18H29NO/c1-4-19-17(16-9-7-6-8-10-16)18(20-5-2)13-11-15(3)12-14-18/h6-10,15,17,19H,4-5,11-14H2,1-3H3. The van der Waals surface area contributed by atoms with Gasteiger partial charge < -0.3 is 10.1 Å². The molecule has 1 fully saturated rings. The van der Waals surface area contributed by atoms with Crippen molar-refractivity contribution in [2.24, 2.45) is 5.92 Å². The van der Waals surface area contributed by atoms with Crippen LogP contribution in [0.5, 0.6) is 0 Å². The largest absolute Gasteiger partial charge is 0.373 e. The summed E-state index contributed by atoms with van der Waals surface area (Å²) in [6.07, 6.45) is 4.87. The molecule has 2 rings (SSSR count). The quantitative estimate of drug-likeness (QED) is 0.834. The first kappa shape index (κ1) is 15.5. The van der Waals surface area contributed by atoms with Crippen molar-refractivity contribution in [1.29, 1.82) is 0 Å². The molecular formula is C18H29NO. The number of rotatable bonds is 6. The zero-order chi connectivity index (χ0) is 14.4. The molecule has 2 heteroatoms. The molecule has 0 aliphatic heterocycles. The van der Waals surface area contributed by atoms with Gasteiger partial charge in [-0.15, -0.1) is 0 Å². The van der Waals surface area contributed by atoms with E-state index in [2.05, 4.69) is 56.4 Å². The van der Waals surface area contributed by atoms with Crippen molar-refractivity contribution in [2.75, 3.05) is 13.2 Å². The van der Waals surface area contributed by atoms with E-state index in [9.17, 15) is 0 Å². The number of ether oxygens (including phenoxy) is 1. The average molecular weight is 275 g/mol. The van der Waals surface area contributed by atoms with Gasteiger partial charge in [-0.05, 0) is 50.6 Å². The van der Waals surface area contributed by atoms with Crippen LogP contribution in [-0.2, 0) is 4.74 Å². The molecule has 0 bridgehead atoms. The Morgan fingerprint density at radius 3 is 2.40 bits per heavy atom. The van der Waals surface area contributed by atoms with Crippen LogP contribution in [0.4, 0.5) is 0 Å². The van der Waals surface area contributed by atoms with Crippen molar-refractivity contribution in [1.82, 2.24) is 5.32 Å². The summed E-state index contributed by atoms with van der Waals surface area (Å²) in [5, 5.41) is 3.68. The van der Waals surface area contributed by atoms with Gasteiger partial charge in [-0.3, -0.25) is 0 Å². The highest BCUT2D eigenvalue weighted by Gasteiger charge is 2.42. The molecule has 2 nitrogen and oxygen atoms in total. The topological polar surface area (TPSA) is 21.3 Å². The summed E-state index contributed by atoms with van der Waals surface area (Å²) in [6, 6.07) is 11.1. The maximum absolute atomic E-state index is 6.33. The summed E-state index contributed by atoms with van der Waals surface area (Å²) in [5.74, 6) is 0.835. The van der Waals surface area contributed by atoms with Gasteiger partial charge in [0.15, 0.2) is 0 Å². The van der Waals surface area contributed by atoms with Crippen LogP contribution in [0.2, 0.25) is 0 Å². The Balaban J connectivity index is 2.27. The van der Waals surface area contributed by atoms with E-state index >= 15 is 0 Å². The molecule has 0 radical (unpaired) electrons. The highest BCUT2D eigenvalue weighted by molar-refractivity contribution is 5.23. The third-order valence-corrected chi connectivity index (χ3v) is 4.62. The lowest BCUT2D eigenvalue weighted by atomic mass is 9.73. The van der Waals surface area contributed by atoms with E-state index in [1.807, 2.05) is 0 Å². The van der Waals surface area contributed by atoms with Crippen LogP contribution in [0.1, 0.15) is 58.1 Å². The second-order valence-electron chi connectivity index (χ2n) is 6.08. The summed E-state index contributed by atoms with van der Waals surface area (Å²) in [5.41, 5.74) is 1.33. The van der Waals surface area contributed by atoms with Crippen molar-refractivity contribution < 1.29 is 4.74 Å². The minimum Gasteiger partial charge on any atom is -0.373 e. The van der Waals surface area contributed by atoms with Gasteiger partial charge in [0.25, 0.3) is 0 Å². The number of benzene rings is 1. The molecule has 0 heterocycles. The number of hydrogen-bond donors (Lipinski definition) is 1. The van der Waals surface area contributed by atoms with Gasteiger partial charge in [-0.2, -0.15) is 0 Å². The minimum atomic E-state index is -0.0291. The Morgan fingerprint density at radius 1 is 1.20 bits per heavy atom. The molecule has 20 heavy (non-hydrogen) atoms. The second-order valence-corrected chi connectivity index (χ2v) is 6.08. The van der Waals surface area contributed by atoms with Crippen LogP contribution in [0.25, 0.3) is 0 Å². The molecule has 1 atom stereocenters. The van der Waals surface area contributed by atoms with Gasteiger partial charge in [0.1, 0.15) is 0 Å². The first-order valence-corrected chi connectivity index (χ1v) is 8.14. The van der Waals surface area contributed by atoms with Gasteiger partial charge in [0.2, 0.25) is 0 Å². The Morgan fingerprint density at radius 2 is 1.85 bits per heavy atom. The third-order valence-electron chi connectivity index (χ3n) is 4.62. The van der Waals surface area contributed by atoms with E-state index in [1.54, 1.807) is 0 Å². The fourth-order valence-corrected chi connectivity index (χ4v) is 3.51. The monoisotopic (exact) mass is 275 g/mol. The molecule has 112 valence electrons. The predicted octanol–water partition coefficient (Wildman–Crippen LogP) is 4.32. The van der Waals surface area contributed by atoms with Crippen LogP contribution in [0.15, 0.2) is 30.3 Å². The first-order chi connectivity index (χ1) is 9.72. The molecule has 0 saturated heterocycles. The van der Waals surface area contributed by atoms with Crippen LogP contribution in [0, 0.1) is 5.92 Å². The smallest absolute Gasteiger partial charge is 0.0876 e. The van der Waals surface area contributed by atoms with Crippen LogP contribution < -0.4 is 5.32 Å². The highest BCUT2D eigenvalue weighted by Crippen LogP contribution is 2.43. The first-order valence-electron chi connectivity index (χ1n) is 8.14. The van der Waals surface area contributed by atoms with Gasteiger partial charge in [0.05, 0.1) is 11.6 Å². The van der Waals surface area contributed by atoms with E-state index in [1.165, 1.54) is 18.4 Å². The van der Waals surface area contributed by atoms with Gasteiger partial charge in [-0.25, -0.2) is 0 Å². The van der Waals surface area contributed by atoms with Crippen molar-refractivity contribution in [2.45, 2.75) is 58.1 Å². The van der Waals surface area contributed by atoms with Gasteiger partial charge in [-0.1, -0.05) is 44.2 Å². The predicted molar refractivity (Wildman–Crippen MR) is 84.8 cm³/mol. The van der Waals surface area contributed by atoms with E-state index in [-0.39, 0.29) is 5.60 Å².